The van der Waals surface area contributed by atoms with Gasteiger partial charge in [0.25, 0.3) is 5.17 Å². The van der Waals surface area contributed by atoms with Crippen molar-refractivity contribution in [2.75, 3.05) is 13.1 Å². The Morgan fingerprint density at radius 3 is 2.28 bits per heavy atom. The van der Waals surface area contributed by atoms with Crippen LogP contribution >= 0.6 is 12.2 Å². The van der Waals surface area contributed by atoms with Crippen LogP contribution in [0.5, 0.6) is 0 Å². The molecule has 4 nitrogen and oxygen atoms in total. The lowest BCUT2D eigenvalue weighted by Crippen LogP contribution is -2.40. The molecule has 1 saturated heterocycles. The third kappa shape index (κ3) is 3.77. The number of ether oxygens (including phenoxy) is 1. The summed E-state index contributed by atoms with van der Waals surface area (Å²) in [5, 5.41) is 0.139. The van der Waals surface area contributed by atoms with E-state index in [-0.39, 0.29) is 5.17 Å². The number of ketones is 1. The summed E-state index contributed by atoms with van der Waals surface area (Å²) in [6.07, 6.45) is 3.87. The van der Waals surface area contributed by atoms with Gasteiger partial charge >= 0.3 is 5.97 Å². The summed E-state index contributed by atoms with van der Waals surface area (Å²) >= 11 is 5.06. The summed E-state index contributed by atoms with van der Waals surface area (Å²) in [4.78, 5) is 25.4. The largest absolute Gasteiger partial charge is 0.393 e. The molecule has 1 heterocycles. The Morgan fingerprint density at radius 1 is 1.22 bits per heavy atom. The molecular weight excluding hydrogens is 250 g/mol. The molecular formula is C13H21NO3S. The summed E-state index contributed by atoms with van der Waals surface area (Å²) in [5.41, 5.74) is -0.686. The van der Waals surface area contributed by atoms with Gasteiger partial charge in [0.2, 0.25) is 5.78 Å². The van der Waals surface area contributed by atoms with Crippen molar-refractivity contribution in [1.29, 1.82) is 0 Å². The van der Waals surface area contributed by atoms with E-state index in [0.717, 1.165) is 25.9 Å². The fourth-order valence-corrected chi connectivity index (χ4v) is 1.96. The standard InChI is InChI=1S/C13H21NO3S/c1-4-13(2,3)10(15)11(16)17-12(18)14-8-6-5-7-9-14/h4-9H2,1-3H3. The van der Waals surface area contributed by atoms with E-state index in [1.165, 1.54) is 6.42 Å². The van der Waals surface area contributed by atoms with Crippen LogP contribution in [0.25, 0.3) is 0 Å². The topological polar surface area (TPSA) is 46.6 Å². The normalized spacial score (nSPS) is 16.3. The molecule has 0 bridgehead atoms. The van der Waals surface area contributed by atoms with Crippen LogP contribution in [0.3, 0.4) is 0 Å². The number of nitrogens with zero attached hydrogens (tertiary/aromatic N) is 1. The minimum Gasteiger partial charge on any atom is -0.393 e. The van der Waals surface area contributed by atoms with Gasteiger partial charge in [-0.05, 0) is 37.9 Å². The summed E-state index contributed by atoms with van der Waals surface area (Å²) in [5.74, 6) is -1.35. The Bertz CT molecular complexity index is 346. The highest BCUT2D eigenvalue weighted by atomic mass is 32.1. The first-order valence-corrected chi connectivity index (χ1v) is 6.85. The average Bonchev–Trinajstić information content (AvgIpc) is 2.38. The number of carbonyl (C=O) groups is 2. The van der Waals surface area contributed by atoms with E-state index in [2.05, 4.69) is 0 Å². The lowest BCUT2D eigenvalue weighted by molar-refractivity contribution is -0.152. The zero-order valence-electron chi connectivity index (χ0n) is 11.3. The van der Waals surface area contributed by atoms with Crippen molar-refractivity contribution in [2.45, 2.75) is 46.5 Å². The second-order valence-corrected chi connectivity index (χ2v) is 5.62. The number of piperidine rings is 1. The first-order valence-electron chi connectivity index (χ1n) is 6.44. The first kappa shape index (κ1) is 15.1. The molecule has 0 saturated carbocycles. The zero-order chi connectivity index (χ0) is 13.8. The lowest BCUT2D eigenvalue weighted by Gasteiger charge is -2.28. The molecule has 0 unspecified atom stereocenters. The molecule has 0 aromatic heterocycles. The van der Waals surface area contributed by atoms with Crippen LogP contribution in [0, 0.1) is 5.41 Å². The highest BCUT2D eigenvalue weighted by Gasteiger charge is 2.34. The predicted molar refractivity (Wildman–Crippen MR) is 73.2 cm³/mol. The Balaban J connectivity index is 2.53. The summed E-state index contributed by atoms with van der Waals surface area (Å²) in [6, 6.07) is 0. The Kier molecular flexibility index (Phi) is 5.26. The SMILES string of the molecule is CCC(C)(C)C(=O)C(=O)OC(=S)N1CCCCC1. The molecule has 18 heavy (non-hydrogen) atoms. The van der Waals surface area contributed by atoms with Gasteiger partial charge in [0.05, 0.1) is 0 Å². The maximum atomic E-state index is 11.9. The maximum absolute atomic E-state index is 11.9. The summed E-state index contributed by atoms with van der Waals surface area (Å²) in [6.45, 7) is 6.95. The zero-order valence-corrected chi connectivity index (χ0v) is 12.1. The molecule has 5 heteroatoms. The molecule has 0 amide bonds. The Morgan fingerprint density at radius 2 is 1.78 bits per heavy atom. The molecule has 0 aliphatic carbocycles. The van der Waals surface area contributed by atoms with Crippen molar-refractivity contribution in [3.8, 4) is 0 Å². The van der Waals surface area contributed by atoms with Gasteiger partial charge in [-0.2, -0.15) is 0 Å². The predicted octanol–water partition coefficient (Wildman–Crippen LogP) is 2.31. The molecule has 1 aliphatic heterocycles. The quantitative estimate of drug-likeness (QED) is 0.448. The van der Waals surface area contributed by atoms with E-state index < -0.39 is 17.2 Å². The number of carbonyl (C=O) groups excluding carboxylic acids is 2. The van der Waals surface area contributed by atoms with Crippen LogP contribution in [-0.4, -0.2) is 34.9 Å². The molecule has 0 N–H and O–H groups in total. The Hall–Kier alpha value is -0.970. The summed E-state index contributed by atoms with van der Waals surface area (Å²) in [7, 11) is 0. The highest BCUT2D eigenvalue weighted by molar-refractivity contribution is 7.80. The van der Waals surface area contributed by atoms with Gasteiger partial charge in [-0.15, -0.1) is 0 Å². The fourth-order valence-electron chi connectivity index (χ4n) is 1.70. The average molecular weight is 271 g/mol. The van der Waals surface area contributed by atoms with Gasteiger partial charge in [0, 0.05) is 18.5 Å². The Labute approximate surface area is 114 Å². The molecule has 1 aliphatic rings. The molecule has 0 radical (unpaired) electrons. The second-order valence-electron chi connectivity index (χ2n) is 5.27. The van der Waals surface area contributed by atoms with Crippen LogP contribution in [0.4, 0.5) is 0 Å². The molecule has 0 aromatic carbocycles. The van der Waals surface area contributed by atoms with Crippen LogP contribution in [0.1, 0.15) is 46.5 Å². The van der Waals surface area contributed by atoms with E-state index in [1.54, 1.807) is 13.8 Å². The monoisotopic (exact) mass is 271 g/mol. The van der Waals surface area contributed by atoms with Crippen molar-refractivity contribution in [2.24, 2.45) is 5.41 Å². The minimum absolute atomic E-state index is 0.139. The molecule has 0 aromatic rings. The summed E-state index contributed by atoms with van der Waals surface area (Å²) < 4.78 is 5.01. The maximum Gasteiger partial charge on any atom is 0.382 e. The van der Waals surface area contributed by atoms with Gasteiger partial charge in [-0.3, -0.25) is 4.79 Å². The van der Waals surface area contributed by atoms with E-state index in [4.69, 9.17) is 17.0 Å². The van der Waals surface area contributed by atoms with E-state index >= 15 is 0 Å². The third-order valence-electron chi connectivity index (χ3n) is 3.48. The number of esters is 1. The van der Waals surface area contributed by atoms with Gasteiger partial charge in [0.1, 0.15) is 0 Å². The van der Waals surface area contributed by atoms with Crippen LogP contribution in [-0.2, 0) is 14.3 Å². The smallest absolute Gasteiger partial charge is 0.382 e. The van der Waals surface area contributed by atoms with E-state index in [0.29, 0.717) is 6.42 Å². The molecule has 0 atom stereocenters. The molecule has 0 spiro atoms. The van der Waals surface area contributed by atoms with Crippen molar-refractivity contribution >= 4 is 29.1 Å². The van der Waals surface area contributed by atoms with E-state index in [9.17, 15) is 9.59 Å². The fraction of sp³-hybridized carbons (Fsp3) is 0.769. The van der Waals surface area contributed by atoms with Crippen LogP contribution < -0.4 is 0 Å². The number of thiocarbonyl (C=S) groups is 1. The lowest BCUT2D eigenvalue weighted by atomic mass is 9.85. The number of rotatable bonds is 3. The minimum atomic E-state index is -0.836. The number of likely N-dealkylation sites (tertiary alicyclic amines) is 1. The number of Topliss-reactive ketones (excluding diaryl/α,β-unsaturated/α-hetero) is 1. The molecule has 102 valence electrons. The van der Waals surface area contributed by atoms with Crippen molar-refractivity contribution in [3.05, 3.63) is 0 Å². The van der Waals surface area contributed by atoms with E-state index in [1.807, 2.05) is 11.8 Å². The van der Waals surface area contributed by atoms with Gasteiger partial charge < -0.3 is 9.64 Å². The highest BCUT2D eigenvalue weighted by Crippen LogP contribution is 2.22. The van der Waals surface area contributed by atoms with Crippen LogP contribution in [0.2, 0.25) is 0 Å². The number of hydrogen-bond acceptors (Lipinski definition) is 4. The van der Waals surface area contributed by atoms with Crippen molar-refractivity contribution in [3.63, 3.8) is 0 Å². The third-order valence-corrected chi connectivity index (χ3v) is 3.82. The second kappa shape index (κ2) is 6.27. The first-order chi connectivity index (χ1) is 8.38. The van der Waals surface area contributed by atoms with Crippen molar-refractivity contribution in [1.82, 2.24) is 4.90 Å². The van der Waals surface area contributed by atoms with Gasteiger partial charge in [0.15, 0.2) is 0 Å². The van der Waals surface area contributed by atoms with Gasteiger partial charge in [-0.25, -0.2) is 4.79 Å². The molecule has 1 rings (SSSR count). The van der Waals surface area contributed by atoms with Crippen LogP contribution in [0.15, 0.2) is 0 Å². The van der Waals surface area contributed by atoms with Gasteiger partial charge in [-0.1, -0.05) is 20.8 Å². The molecule has 1 fully saturated rings. The number of hydrogen-bond donors (Lipinski definition) is 0. The van der Waals surface area contributed by atoms with Crippen molar-refractivity contribution < 1.29 is 14.3 Å².